The van der Waals surface area contributed by atoms with E-state index in [-0.39, 0.29) is 37.4 Å². The first-order valence-corrected chi connectivity index (χ1v) is 7.59. The van der Waals surface area contributed by atoms with Gasteiger partial charge in [0, 0.05) is 18.7 Å². The van der Waals surface area contributed by atoms with E-state index in [1.54, 1.807) is 6.08 Å². The Kier molecular flexibility index (Phi) is 6.35. The van der Waals surface area contributed by atoms with Crippen LogP contribution in [0.2, 0.25) is 0 Å². The maximum absolute atomic E-state index is 11.6. The van der Waals surface area contributed by atoms with Gasteiger partial charge >= 0.3 is 5.97 Å². The van der Waals surface area contributed by atoms with Crippen LogP contribution in [0.1, 0.15) is 24.8 Å². The molecule has 0 bridgehead atoms. The molecule has 2 rings (SSSR count). The molecular weight excluding hydrogens is 296 g/mol. The molecule has 2 N–H and O–H groups in total. The molecule has 2 amide bonds. The Balaban J connectivity index is 1.56. The van der Waals surface area contributed by atoms with E-state index in [9.17, 15) is 14.4 Å². The normalized spacial score (nSPS) is 13.6. The Morgan fingerprint density at radius 1 is 1.17 bits per heavy atom. The van der Waals surface area contributed by atoms with Crippen LogP contribution in [-0.2, 0) is 19.1 Å². The summed E-state index contributed by atoms with van der Waals surface area (Å²) < 4.78 is 4.82. The highest BCUT2D eigenvalue weighted by Crippen LogP contribution is 2.18. The minimum Gasteiger partial charge on any atom is -0.456 e. The lowest BCUT2D eigenvalue weighted by atomic mass is 10.2. The molecule has 0 aromatic heterocycles. The zero-order valence-electron chi connectivity index (χ0n) is 12.8. The quantitative estimate of drug-likeness (QED) is 0.554. The predicted octanol–water partition coefficient (Wildman–Crippen LogP) is 1.03. The van der Waals surface area contributed by atoms with Crippen LogP contribution in [0.15, 0.2) is 36.4 Å². The maximum Gasteiger partial charge on any atom is 0.308 e. The van der Waals surface area contributed by atoms with Gasteiger partial charge in [0.25, 0.3) is 5.91 Å². The monoisotopic (exact) mass is 316 g/mol. The molecule has 1 aromatic carbocycles. The van der Waals surface area contributed by atoms with E-state index >= 15 is 0 Å². The van der Waals surface area contributed by atoms with Gasteiger partial charge in [0.1, 0.15) is 0 Å². The molecule has 23 heavy (non-hydrogen) atoms. The van der Waals surface area contributed by atoms with Crippen molar-refractivity contribution in [1.82, 2.24) is 10.6 Å². The second kappa shape index (κ2) is 8.73. The number of rotatable bonds is 8. The number of carbonyl (C=O) groups is 3. The van der Waals surface area contributed by atoms with Crippen LogP contribution >= 0.6 is 0 Å². The van der Waals surface area contributed by atoms with E-state index in [0.717, 1.165) is 18.4 Å². The molecule has 1 fully saturated rings. The van der Waals surface area contributed by atoms with Crippen molar-refractivity contribution in [2.75, 3.05) is 13.2 Å². The number of carbonyl (C=O) groups excluding carboxylic acids is 3. The lowest BCUT2D eigenvalue weighted by molar-refractivity contribution is -0.148. The van der Waals surface area contributed by atoms with Crippen LogP contribution < -0.4 is 10.6 Å². The average molecular weight is 316 g/mol. The number of ether oxygens (including phenoxy) is 1. The molecule has 0 saturated heterocycles. The van der Waals surface area contributed by atoms with E-state index in [2.05, 4.69) is 10.6 Å². The topological polar surface area (TPSA) is 84.5 Å². The second-order valence-corrected chi connectivity index (χ2v) is 5.29. The van der Waals surface area contributed by atoms with E-state index < -0.39 is 5.97 Å². The zero-order valence-corrected chi connectivity index (χ0v) is 12.8. The van der Waals surface area contributed by atoms with Gasteiger partial charge in [0.15, 0.2) is 6.61 Å². The third-order valence-corrected chi connectivity index (χ3v) is 3.16. The van der Waals surface area contributed by atoms with Crippen LogP contribution in [0.5, 0.6) is 0 Å². The van der Waals surface area contributed by atoms with Gasteiger partial charge in [-0.1, -0.05) is 30.3 Å². The van der Waals surface area contributed by atoms with Crippen LogP contribution in [-0.4, -0.2) is 37.0 Å². The van der Waals surface area contributed by atoms with E-state index in [1.165, 1.54) is 6.08 Å². The summed E-state index contributed by atoms with van der Waals surface area (Å²) in [4.78, 5) is 34.3. The molecule has 0 heterocycles. The molecule has 122 valence electrons. The number of nitrogens with one attached hydrogen (secondary N) is 2. The van der Waals surface area contributed by atoms with Gasteiger partial charge in [0.2, 0.25) is 5.91 Å². The first kappa shape index (κ1) is 16.7. The first-order chi connectivity index (χ1) is 11.1. The van der Waals surface area contributed by atoms with Crippen molar-refractivity contribution in [2.24, 2.45) is 0 Å². The highest BCUT2D eigenvalue weighted by atomic mass is 16.5. The van der Waals surface area contributed by atoms with Crippen molar-refractivity contribution < 1.29 is 19.1 Å². The molecule has 6 heteroatoms. The van der Waals surface area contributed by atoms with E-state index in [0.29, 0.717) is 0 Å². The second-order valence-electron chi connectivity index (χ2n) is 5.29. The lowest BCUT2D eigenvalue weighted by Gasteiger charge is -2.05. The molecule has 0 spiro atoms. The fraction of sp³-hybridized carbons (Fsp3) is 0.353. The highest BCUT2D eigenvalue weighted by Gasteiger charge is 2.23. The summed E-state index contributed by atoms with van der Waals surface area (Å²) in [6.07, 6.45) is 5.10. The summed E-state index contributed by atoms with van der Waals surface area (Å²) in [6, 6.07) is 9.67. The van der Waals surface area contributed by atoms with Gasteiger partial charge in [-0.2, -0.15) is 0 Å². The largest absolute Gasteiger partial charge is 0.456 e. The number of benzene rings is 1. The molecule has 1 saturated carbocycles. The minimum absolute atomic E-state index is 0.0294. The van der Waals surface area contributed by atoms with Crippen LogP contribution in [0.25, 0.3) is 6.08 Å². The molecule has 0 radical (unpaired) electrons. The lowest BCUT2D eigenvalue weighted by Crippen LogP contribution is -2.31. The van der Waals surface area contributed by atoms with Gasteiger partial charge in [-0.3, -0.25) is 14.4 Å². The van der Waals surface area contributed by atoms with Crippen molar-refractivity contribution in [3.05, 3.63) is 42.0 Å². The summed E-state index contributed by atoms with van der Waals surface area (Å²) in [5.41, 5.74) is 0.920. The Morgan fingerprint density at radius 2 is 1.91 bits per heavy atom. The number of hydrogen-bond donors (Lipinski definition) is 2. The smallest absolute Gasteiger partial charge is 0.308 e. The zero-order chi connectivity index (χ0) is 16.5. The van der Waals surface area contributed by atoms with Crippen molar-refractivity contribution in [3.8, 4) is 0 Å². The van der Waals surface area contributed by atoms with Gasteiger partial charge in [0.05, 0.1) is 6.42 Å². The van der Waals surface area contributed by atoms with Crippen molar-refractivity contribution in [3.63, 3.8) is 0 Å². The van der Waals surface area contributed by atoms with Crippen molar-refractivity contribution >= 4 is 23.9 Å². The van der Waals surface area contributed by atoms with Crippen LogP contribution in [0, 0.1) is 0 Å². The van der Waals surface area contributed by atoms with Crippen molar-refractivity contribution in [2.45, 2.75) is 25.3 Å². The van der Waals surface area contributed by atoms with Gasteiger partial charge in [-0.05, 0) is 24.5 Å². The van der Waals surface area contributed by atoms with Crippen LogP contribution in [0.3, 0.4) is 0 Å². The highest BCUT2D eigenvalue weighted by molar-refractivity contribution is 5.91. The first-order valence-electron chi connectivity index (χ1n) is 7.59. The predicted molar refractivity (Wildman–Crippen MR) is 85.2 cm³/mol. The molecule has 0 unspecified atom stereocenters. The Hall–Kier alpha value is -2.63. The minimum atomic E-state index is -0.511. The standard InChI is InChI=1S/C17H20N2O4/c20-15(9-6-13-4-2-1-3-5-13)18-11-10-17(22)23-12-16(21)19-14-7-8-14/h1-6,9,14H,7-8,10-12H2,(H,18,20)(H,19,21)/b9-6+. The molecule has 6 nitrogen and oxygen atoms in total. The maximum atomic E-state index is 11.6. The molecule has 1 aliphatic carbocycles. The molecule has 0 atom stereocenters. The number of hydrogen-bond acceptors (Lipinski definition) is 4. The van der Waals surface area contributed by atoms with E-state index in [1.807, 2.05) is 30.3 Å². The molecule has 1 aliphatic rings. The SMILES string of the molecule is O=C(/C=C/c1ccccc1)NCCC(=O)OCC(=O)NC1CC1. The summed E-state index contributed by atoms with van der Waals surface area (Å²) in [5, 5.41) is 5.31. The third kappa shape index (κ3) is 7.26. The molecule has 0 aliphatic heterocycles. The van der Waals surface area contributed by atoms with Gasteiger partial charge in [-0.25, -0.2) is 0 Å². The summed E-state index contributed by atoms with van der Waals surface area (Å²) >= 11 is 0. The van der Waals surface area contributed by atoms with E-state index in [4.69, 9.17) is 4.74 Å². The Bertz CT molecular complexity index is 580. The molecular formula is C17H20N2O4. The number of amides is 2. The van der Waals surface area contributed by atoms with Gasteiger partial charge in [-0.15, -0.1) is 0 Å². The Labute approximate surface area is 134 Å². The molecule has 1 aromatic rings. The summed E-state index contributed by atoms with van der Waals surface area (Å²) in [7, 11) is 0. The van der Waals surface area contributed by atoms with Crippen molar-refractivity contribution in [1.29, 1.82) is 0 Å². The third-order valence-electron chi connectivity index (χ3n) is 3.16. The number of esters is 1. The summed E-state index contributed by atoms with van der Waals surface area (Å²) in [5.74, 6) is -1.08. The summed E-state index contributed by atoms with van der Waals surface area (Å²) in [6.45, 7) is -0.0990. The van der Waals surface area contributed by atoms with Gasteiger partial charge < -0.3 is 15.4 Å². The van der Waals surface area contributed by atoms with Crippen LogP contribution in [0.4, 0.5) is 0 Å². The Morgan fingerprint density at radius 3 is 2.61 bits per heavy atom. The fourth-order valence-electron chi connectivity index (χ4n) is 1.80. The fourth-order valence-corrected chi connectivity index (χ4v) is 1.80. The average Bonchev–Trinajstić information content (AvgIpc) is 3.36.